The van der Waals surface area contributed by atoms with Crippen molar-refractivity contribution >= 4 is 21.7 Å². The van der Waals surface area contributed by atoms with E-state index in [1.807, 2.05) is 30.3 Å². The lowest BCUT2D eigenvalue weighted by Crippen LogP contribution is -2.18. The van der Waals surface area contributed by atoms with Gasteiger partial charge < -0.3 is 5.11 Å². The Balaban J connectivity index is 2.04. The van der Waals surface area contributed by atoms with E-state index in [0.717, 1.165) is 5.56 Å². The Hall–Kier alpha value is -2.41. The third-order valence-electron chi connectivity index (χ3n) is 2.75. The van der Waals surface area contributed by atoms with Crippen molar-refractivity contribution in [3.05, 3.63) is 59.9 Å². The van der Waals surface area contributed by atoms with Gasteiger partial charge in [-0.1, -0.05) is 30.3 Å². The van der Waals surface area contributed by atoms with Gasteiger partial charge in [0.15, 0.2) is 0 Å². The smallest absolute Gasteiger partial charge is 0.354 e. The molecule has 0 aliphatic heterocycles. The highest BCUT2D eigenvalue weighted by Gasteiger charge is 2.12. The van der Waals surface area contributed by atoms with Crippen LogP contribution in [0.2, 0.25) is 0 Å². The Kier molecular flexibility index (Phi) is 4.54. The molecule has 0 spiro atoms. The summed E-state index contributed by atoms with van der Waals surface area (Å²) in [5.74, 6) is -1.29. The fourth-order valence-electron chi connectivity index (χ4n) is 1.74. The van der Waals surface area contributed by atoms with E-state index >= 15 is 0 Å². The zero-order valence-electron chi connectivity index (χ0n) is 11.1. The molecule has 1 aromatic heterocycles. The summed E-state index contributed by atoms with van der Waals surface area (Å²) in [6, 6.07) is 11.8. The lowest BCUT2D eigenvalue weighted by molar-refractivity contribution is 0.0690. The maximum Gasteiger partial charge on any atom is 0.354 e. The number of pyridine rings is 1. The molecule has 6 nitrogen and oxygen atoms in total. The molecule has 0 unspecified atom stereocenters. The summed E-state index contributed by atoms with van der Waals surface area (Å²) in [5.41, 5.74) is 0.901. The highest BCUT2D eigenvalue weighted by Crippen LogP contribution is 2.11. The number of aromatic nitrogens is 1. The summed E-state index contributed by atoms with van der Waals surface area (Å²) in [5, 5.41) is 8.82. The van der Waals surface area contributed by atoms with E-state index in [9.17, 15) is 13.2 Å². The van der Waals surface area contributed by atoms with Gasteiger partial charge in [-0.25, -0.2) is 18.2 Å². The van der Waals surface area contributed by atoms with E-state index < -0.39 is 16.0 Å². The highest BCUT2D eigenvalue weighted by atomic mass is 32.2. The van der Waals surface area contributed by atoms with E-state index in [-0.39, 0.29) is 17.1 Å². The molecule has 110 valence electrons. The van der Waals surface area contributed by atoms with Gasteiger partial charge >= 0.3 is 5.97 Å². The first kappa shape index (κ1) is 15.0. The molecule has 0 aliphatic carbocycles. The van der Waals surface area contributed by atoms with Gasteiger partial charge in [0.2, 0.25) is 10.0 Å². The fraction of sp³-hybridized carbons (Fsp3) is 0.143. The Labute approximate surface area is 122 Å². The van der Waals surface area contributed by atoms with Crippen LogP contribution in [0.25, 0.3) is 0 Å². The second kappa shape index (κ2) is 6.36. The van der Waals surface area contributed by atoms with Crippen LogP contribution in [0.4, 0.5) is 5.69 Å². The van der Waals surface area contributed by atoms with Crippen LogP contribution in [0.1, 0.15) is 16.1 Å². The van der Waals surface area contributed by atoms with Crippen molar-refractivity contribution in [1.82, 2.24) is 4.98 Å². The highest BCUT2D eigenvalue weighted by molar-refractivity contribution is 7.92. The predicted molar refractivity (Wildman–Crippen MR) is 78.8 cm³/mol. The van der Waals surface area contributed by atoms with Gasteiger partial charge in [-0.15, -0.1) is 0 Å². The lowest BCUT2D eigenvalue weighted by Gasteiger charge is -2.08. The van der Waals surface area contributed by atoms with E-state index in [4.69, 9.17) is 5.11 Å². The number of nitrogens with one attached hydrogen (secondary N) is 1. The molecule has 0 radical (unpaired) electrons. The Bertz CT molecular complexity index is 730. The third-order valence-corrected chi connectivity index (χ3v) is 4.04. The van der Waals surface area contributed by atoms with E-state index in [2.05, 4.69) is 9.71 Å². The SMILES string of the molecule is O=C(O)c1cc(NS(=O)(=O)CCc2ccccc2)ccn1. The van der Waals surface area contributed by atoms with Crippen molar-refractivity contribution in [2.45, 2.75) is 6.42 Å². The van der Waals surface area contributed by atoms with E-state index in [0.29, 0.717) is 6.42 Å². The van der Waals surface area contributed by atoms with Crippen LogP contribution >= 0.6 is 0 Å². The number of carbonyl (C=O) groups is 1. The van der Waals surface area contributed by atoms with Gasteiger partial charge in [-0.2, -0.15) is 0 Å². The molecule has 2 rings (SSSR count). The third kappa shape index (κ3) is 4.57. The number of carboxylic acids is 1. The molecule has 1 heterocycles. The molecule has 0 saturated carbocycles. The van der Waals surface area contributed by atoms with Gasteiger partial charge in [0.05, 0.1) is 11.4 Å². The summed E-state index contributed by atoms with van der Waals surface area (Å²) < 4.78 is 26.3. The number of aromatic carboxylic acids is 1. The maximum atomic E-state index is 12.0. The number of rotatable bonds is 6. The lowest BCUT2D eigenvalue weighted by atomic mass is 10.2. The average Bonchev–Trinajstić information content (AvgIpc) is 2.46. The van der Waals surface area contributed by atoms with Crippen LogP contribution in [0.15, 0.2) is 48.7 Å². The summed E-state index contributed by atoms with van der Waals surface area (Å²) in [4.78, 5) is 14.4. The van der Waals surface area contributed by atoms with Crippen LogP contribution in [-0.4, -0.2) is 30.2 Å². The standard InChI is InChI=1S/C14H14N2O4S/c17-14(18)13-10-12(6-8-15-13)16-21(19,20)9-7-11-4-2-1-3-5-11/h1-6,8,10H,7,9H2,(H,15,16)(H,17,18). The number of benzene rings is 1. The molecular weight excluding hydrogens is 292 g/mol. The minimum absolute atomic E-state index is 0.0816. The summed E-state index contributed by atoms with van der Waals surface area (Å²) in [7, 11) is -3.55. The van der Waals surface area contributed by atoms with E-state index in [1.165, 1.54) is 18.3 Å². The quantitative estimate of drug-likeness (QED) is 0.847. The van der Waals surface area contributed by atoms with Crippen molar-refractivity contribution in [3.8, 4) is 0 Å². The Morgan fingerprint density at radius 3 is 2.57 bits per heavy atom. The molecule has 0 atom stereocenters. The molecule has 21 heavy (non-hydrogen) atoms. The van der Waals surface area contributed by atoms with Gasteiger partial charge in [0.1, 0.15) is 5.69 Å². The largest absolute Gasteiger partial charge is 0.477 e. The molecule has 0 bridgehead atoms. The number of aryl methyl sites for hydroxylation is 1. The number of hydrogen-bond acceptors (Lipinski definition) is 4. The average molecular weight is 306 g/mol. The summed E-state index contributed by atoms with van der Waals surface area (Å²) >= 11 is 0. The van der Waals surface area contributed by atoms with Gasteiger partial charge in [-0.05, 0) is 24.1 Å². The van der Waals surface area contributed by atoms with Crippen molar-refractivity contribution in [1.29, 1.82) is 0 Å². The molecule has 2 N–H and O–H groups in total. The second-order valence-corrected chi connectivity index (χ2v) is 6.23. The van der Waals surface area contributed by atoms with Crippen LogP contribution in [0.5, 0.6) is 0 Å². The Morgan fingerprint density at radius 2 is 1.90 bits per heavy atom. The van der Waals surface area contributed by atoms with Crippen LogP contribution < -0.4 is 4.72 Å². The molecule has 0 aliphatic rings. The number of carboxylic acid groups (broad SMARTS) is 1. The van der Waals surface area contributed by atoms with Crippen molar-refractivity contribution < 1.29 is 18.3 Å². The molecule has 1 aromatic carbocycles. The zero-order valence-corrected chi connectivity index (χ0v) is 11.9. The van der Waals surface area contributed by atoms with Gasteiger partial charge in [0.25, 0.3) is 0 Å². The molecule has 7 heteroatoms. The molecule has 0 amide bonds. The maximum absolute atomic E-state index is 12.0. The van der Waals surface area contributed by atoms with Crippen molar-refractivity contribution in [3.63, 3.8) is 0 Å². The molecule has 2 aromatic rings. The number of nitrogens with zero attached hydrogens (tertiary/aromatic N) is 1. The van der Waals surface area contributed by atoms with Crippen LogP contribution in [0, 0.1) is 0 Å². The first-order valence-corrected chi connectivity index (χ1v) is 7.85. The van der Waals surface area contributed by atoms with E-state index in [1.54, 1.807) is 0 Å². The second-order valence-electron chi connectivity index (χ2n) is 4.39. The summed E-state index contributed by atoms with van der Waals surface area (Å²) in [6.45, 7) is 0. The minimum Gasteiger partial charge on any atom is -0.477 e. The minimum atomic E-state index is -3.55. The number of sulfonamides is 1. The Morgan fingerprint density at radius 1 is 1.19 bits per heavy atom. The predicted octanol–water partition coefficient (Wildman–Crippen LogP) is 1.76. The van der Waals surface area contributed by atoms with Crippen molar-refractivity contribution in [2.24, 2.45) is 0 Å². The monoisotopic (exact) mass is 306 g/mol. The fourth-order valence-corrected chi connectivity index (χ4v) is 2.83. The van der Waals surface area contributed by atoms with Crippen LogP contribution in [-0.2, 0) is 16.4 Å². The first-order valence-electron chi connectivity index (χ1n) is 6.20. The molecular formula is C14H14N2O4S. The number of anilines is 1. The zero-order chi connectivity index (χ0) is 15.3. The van der Waals surface area contributed by atoms with Crippen molar-refractivity contribution in [2.75, 3.05) is 10.5 Å². The van der Waals surface area contributed by atoms with Crippen LogP contribution in [0.3, 0.4) is 0 Å². The normalized spacial score (nSPS) is 11.0. The topological polar surface area (TPSA) is 96.4 Å². The van der Waals surface area contributed by atoms with Gasteiger partial charge in [-0.3, -0.25) is 4.72 Å². The molecule has 0 saturated heterocycles. The summed E-state index contributed by atoms with van der Waals surface area (Å²) in [6.07, 6.45) is 1.63. The van der Waals surface area contributed by atoms with Gasteiger partial charge in [0, 0.05) is 6.20 Å². The first-order chi connectivity index (χ1) is 9.96. The number of hydrogen-bond donors (Lipinski definition) is 2. The molecule has 0 fully saturated rings.